The number of hydrogen-bond acceptors (Lipinski definition) is 4. The molecule has 0 amide bonds. The van der Waals surface area contributed by atoms with Gasteiger partial charge >= 0.3 is 11.9 Å². The van der Waals surface area contributed by atoms with E-state index >= 15 is 0 Å². The van der Waals surface area contributed by atoms with Crippen LogP contribution in [0.2, 0.25) is 0 Å². The van der Waals surface area contributed by atoms with Gasteiger partial charge in [-0.25, -0.2) is 0 Å². The predicted octanol–water partition coefficient (Wildman–Crippen LogP) is 13.1. The monoisotopic (exact) mass is 763 g/mol. The Morgan fingerprint density at radius 1 is 0.370 bits per heavy atom. The van der Waals surface area contributed by atoms with Gasteiger partial charge in [-0.2, -0.15) is 0 Å². The fourth-order valence-electron chi connectivity index (χ4n) is 7.56. The van der Waals surface area contributed by atoms with Crippen molar-refractivity contribution in [2.75, 3.05) is 67.6 Å². The Morgan fingerprint density at radius 3 is 0.907 bits per heavy atom. The molecule has 0 radical (unpaired) electrons. The number of unbranched alkanes of at least 4 members (excludes halogenated alkanes) is 24. The molecular formula is C48H94N2O4+2. The summed E-state index contributed by atoms with van der Waals surface area (Å²) in [5.74, 6) is -0.236. The van der Waals surface area contributed by atoms with Gasteiger partial charge in [-0.05, 0) is 77.0 Å². The first-order chi connectivity index (χ1) is 26.2. The fourth-order valence-corrected chi connectivity index (χ4v) is 7.56. The van der Waals surface area contributed by atoms with Crippen molar-refractivity contribution in [3.8, 4) is 0 Å². The maximum atomic E-state index is 12.2. The van der Waals surface area contributed by atoms with E-state index in [4.69, 9.17) is 9.47 Å². The number of rotatable bonds is 41. The van der Waals surface area contributed by atoms with E-state index in [1.165, 1.54) is 194 Å². The largest absolute Gasteiger partial charge is 0.469 e. The van der Waals surface area contributed by atoms with Gasteiger partial charge in [0.25, 0.3) is 0 Å². The molecular weight excluding hydrogens is 669 g/mol. The van der Waals surface area contributed by atoms with Crippen LogP contribution in [0.1, 0.15) is 206 Å². The van der Waals surface area contributed by atoms with Gasteiger partial charge in [0.1, 0.15) is 13.1 Å². The van der Waals surface area contributed by atoms with Crippen LogP contribution in [0, 0.1) is 0 Å². The minimum Gasteiger partial charge on any atom is -0.469 e. The summed E-state index contributed by atoms with van der Waals surface area (Å²) in [6.07, 6.45) is 47.4. The number of hydrogen-bond donors (Lipinski definition) is 0. The number of likely N-dealkylation sites (N-methyl/N-ethyl adjacent to an activating group) is 2. The van der Waals surface area contributed by atoms with Crippen molar-refractivity contribution >= 4 is 11.9 Å². The summed E-state index contributed by atoms with van der Waals surface area (Å²) >= 11 is 0. The van der Waals surface area contributed by atoms with Gasteiger partial charge in [-0.1, -0.05) is 141 Å². The van der Waals surface area contributed by atoms with Gasteiger partial charge in [-0.15, -0.1) is 0 Å². The Hall–Kier alpha value is -1.66. The standard InChI is InChI=1S/C48H94N2O4/c1-7-9-11-13-15-17-19-21-23-25-27-29-31-33-35-37-41-49(3,43-39-47(51)53-5)45-46-50(4,44-40-48(52)54-6)42-38-36-34-32-30-28-26-24-22-20-18-16-14-12-10-8-2/h21-24H,7-20,25-46H2,1-6H3/q+2/b23-21+,24-22+. The van der Waals surface area contributed by atoms with E-state index in [0.717, 1.165) is 48.2 Å². The molecule has 0 spiro atoms. The molecule has 0 rings (SSSR count). The maximum absolute atomic E-state index is 12.2. The molecule has 0 fully saturated rings. The average Bonchev–Trinajstić information content (AvgIpc) is 3.18. The summed E-state index contributed by atoms with van der Waals surface area (Å²) in [7, 11) is 7.64. The summed E-state index contributed by atoms with van der Waals surface area (Å²) in [5.41, 5.74) is 0. The first-order valence-corrected chi connectivity index (χ1v) is 23.3. The number of esters is 2. The van der Waals surface area contributed by atoms with Crippen molar-refractivity contribution in [2.45, 2.75) is 206 Å². The number of allylic oxidation sites excluding steroid dienone is 4. The highest BCUT2D eigenvalue weighted by molar-refractivity contribution is 5.69. The minimum atomic E-state index is -0.118. The van der Waals surface area contributed by atoms with Crippen LogP contribution in [0.15, 0.2) is 24.3 Å². The van der Waals surface area contributed by atoms with Crippen molar-refractivity contribution in [2.24, 2.45) is 0 Å². The second-order valence-corrected chi connectivity index (χ2v) is 17.1. The SMILES string of the molecule is CCCCCCCC/C=C/CCCCCCCC[N+](C)(CCC(=O)OC)CC[N+](C)(CCCCCCCC/C=C/CCCCCCCC)CCC(=O)OC. The molecule has 0 bridgehead atoms. The molecule has 0 saturated heterocycles. The second-order valence-electron chi connectivity index (χ2n) is 17.1. The van der Waals surface area contributed by atoms with E-state index in [1.54, 1.807) is 0 Å². The molecule has 0 N–H and O–H groups in total. The summed E-state index contributed by atoms with van der Waals surface area (Å²) < 4.78 is 11.8. The topological polar surface area (TPSA) is 52.6 Å². The molecule has 2 unspecified atom stereocenters. The molecule has 54 heavy (non-hydrogen) atoms. The van der Waals surface area contributed by atoms with Crippen LogP contribution >= 0.6 is 0 Å². The quantitative estimate of drug-likeness (QED) is 0.0269. The van der Waals surface area contributed by atoms with Gasteiger partial charge in [0, 0.05) is 0 Å². The molecule has 6 heteroatoms. The third-order valence-corrected chi connectivity index (χ3v) is 11.8. The molecule has 318 valence electrons. The van der Waals surface area contributed by atoms with Crippen molar-refractivity contribution in [3.05, 3.63) is 24.3 Å². The number of quaternary nitrogens is 2. The van der Waals surface area contributed by atoms with Crippen LogP contribution in [0.25, 0.3) is 0 Å². The molecule has 0 heterocycles. The van der Waals surface area contributed by atoms with Gasteiger partial charge < -0.3 is 18.4 Å². The van der Waals surface area contributed by atoms with Gasteiger partial charge in [0.15, 0.2) is 0 Å². The second kappa shape index (κ2) is 38.2. The smallest absolute Gasteiger partial charge is 0.311 e. The highest BCUT2D eigenvalue weighted by Crippen LogP contribution is 2.17. The molecule has 0 aliphatic rings. The normalized spacial score (nSPS) is 14.1. The summed E-state index contributed by atoms with van der Waals surface area (Å²) in [6.45, 7) is 10.4. The Kier molecular flexibility index (Phi) is 37.1. The van der Waals surface area contributed by atoms with Gasteiger partial charge in [-0.3, -0.25) is 9.59 Å². The molecule has 0 aliphatic carbocycles. The van der Waals surface area contributed by atoms with Crippen LogP contribution in [-0.4, -0.2) is 88.5 Å². The zero-order valence-corrected chi connectivity index (χ0v) is 37.3. The van der Waals surface area contributed by atoms with Crippen molar-refractivity contribution in [1.82, 2.24) is 0 Å². The van der Waals surface area contributed by atoms with E-state index in [9.17, 15) is 9.59 Å². The molecule has 6 nitrogen and oxygen atoms in total. The van der Waals surface area contributed by atoms with Crippen LogP contribution in [0.3, 0.4) is 0 Å². The van der Waals surface area contributed by atoms with E-state index < -0.39 is 0 Å². The molecule has 0 aromatic heterocycles. The van der Waals surface area contributed by atoms with Gasteiger partial charge in [0.2, 0.25) is 0 Å². The Labute approximate surface area is 337 Å². The third kappa shape index (κ3) is 34.8. The van der Waals surface area contributed by atoms with Crippen LogP contribution in [0.4, 0.5) is 0 Å². The third-order valence-electron chi connectivity index (χ3n) is 11.8. The van der Waals surface area contributed by atoms with Crippen molar-refractivity contribution in [1.29, 1.82) is 0 Å². The zero-order valence-electron chi connectivity index (χ0n) is 37.3. The number of ether oxygens (including phenoxy) is 2. The van der Waals surface area contributed by atoms with Crippen molar-refractivity contribution < 1.29 is 28.0 Å². The van der Waals surface area contributed by atoms with E-state index in [-0.39, 0.29) is 11.9 Å². The van der Waals surface area contributed by atoms with Crippen molar-refractivity contribution in [3.63, 3.8) is 0 Å². The number of carbonyl (C=O) groups is 2. The highest BCUT2D eigenvalue weighted by atomic mass is 16.5. The summed E-state index contributed by atoms with van der Waals surface area (Å²) in [6, 6.07) is 0. The van der Waals surface area contributed by atoms with Gasteiger partial charge in [0.05, 0.1) is 67.3 Å². The maximum Gasteiger partial charge on any atom is 0.311 e. The highest BCUT2D eigenvalue weighted by Gasteiger charge is 2.30. The minimum absolute atomic E-state index is 0.118. The lowest BCUT2D eigenvalue weighted by atomic mass is 10.1. The molecule has 0 aromatic carbocycles. The number of methoxy groups -OCH3 is 2. The first-order valence-electron chi connectivity index (χ1n) is 23.3. The lowest BCUT2D eigenvalue weighted by Crippen LogP contribution is -2.56. The van der Waals surface area contributed by atoms with Crippen LogP contribution in [-0.2, 0) is 19.1 Å². The Bertz CT molecular complexity index is 833. The lowest BCUT2D eigenvalue weighted by Gasteiger charge is -2.40. The Morgan fingerprint density at radius 2 is 0.630 bits per heavy atom. The molecule has 0 aromatic rings. The van der Waals surface area contributed by atoms with Crippen LogP contribution in [0.5, 0.6) is 0 Å². The summed E-state index contributed by atoms with van der Waals surface area (Å²) in [4.78, 5) is 24.3. The van der Waals surface area contributed by atoms with Crippen LogP contribution < -0.4 is 0 Å². The number of carbonyl (C=O) groups excluding carboxylic acids is 2. The average molecular weight is 763 g/mol. The molecule has 0 aliphatic heterocycles. The van der Waals surface area contributed by atoms with E-state index in [0.29, 0.717) is 12.8 Å². The van der Waals surface area contributed by atoms with E-state index in [1.807, 2.05) is 0 Å². The fraction of sp³-hybridized carbons (Fsp3) is 0.875. The number of nitrogens with zero attached hydrogens (tertiary/aromatic N) is 2. The predicted molar refractivity (Wildman–Crippen MR) is 234 cm³/mol. The lowest BCUT2D eigenvalue weighted by molar-refractivity contribution is -0.963. The molecule has 0 saturated carbocycles. The summed E-state index contributed by atoms with van der Waals surface area (Å²) in [5, 5.41) is 0. The van der Waals surface area contributed by atoms with E-state index in [2.05, 4.69) is 52.2 Å². The Balaban J connectivity index is 4.58. The zero-order chi connectivity index (χ0) is 39.9. The first kappa shape index (κ1) is 52.3. The molecule has 2 atom stereocenters.